The Bertz CT molecular complexity index is 476. The maximum atomic E-state index is 11.9. The van der Waals surface area contributed by atoms with Crippen LogP contribution in [0.2, 0.25) is 0 Å². The molecule has 0 aliphatic heterocycles. The molecule has 0 spiro atoms. The van der Waals surface area contributed by atoms with Gasteiger partial charge in [-0.2, -0.15) is 0 Å². The minimum Gasteiger partial charge on any atom is -0.506 e. The van der Waals surface area contributed by atoms with E-state index in [1.165, 1.54) is 18.5 Å². The third-order valence-electron chi connectivity index (χ3n) is 3.06. The molecule has 1 aromatic heterocycles. The van der Waals surface area contributed by atoms with E-state index >= 15 is 0 Å². The molecule has 0 radical (unpaired) electrons. The summed E-state index contributed by atoms with van der Waals surface area (Å²) in [5.74, 6) is -1.52. The van der Waals surface area contributed by atoms with Gasteiger partial charge in [0.25, 0.3) is 5.91 Å². The largest absolute Gasteiger partial charge is 0.506 e. The second-order valence-corrected chi connectivity index (χ2v) is 4.98. The molecule has 2 atom stereocenters. The van der Waals surface area contributed by atoms with E-state index in [-0.39, 0.29) is 23.6 Å². The zero-order valence-electron chi connectivity index (χ0n) is 11.7. The Kier molecular flexibility index (Phi) is 5.96. The molecule has 0 aliphatic carbocycles. The molecule has 0 aromatic carbocycles. The number of amides is 1. The van der Waals surface area contributed by atoms with E-state index in [2.05, 4.69) is 10.3 Å². The maximum Gasteiger partial charge on any atom is 0.306 e. The van der Waals surface area contributed by atoms with E-state index < -0.39 is 5.97 Å². The molecular formula is C14H20N2O4. The molecule has 110 valence electrons. The Morgan fingerprint density at radius 1 is 1.30 bits per heavy atom. The predicted molar refractivity (Wildman–Crippen MR) is 73.5 cm³/mol. The number of hydrogen-bond acceptors (Lipinski definition) is 4. The van der Waals surface area contributed by atoms with Crippen molar-refractivity contribution in [2.24, 2.45) is 5.92 Å². The number of rotatable bonds is 7. The van der Waals surface area contributed by atoms with E-state index in [0.29, 0.717) is 18.4 Å². The number of carbonyl (C=O) groups is 2. The van der Waals surface area contributed by atoms with Gasteiger partial charge < -0.3 is 15.5 Å². The minimum absolute atomic E-state index is 0.0550. The van der Waals surface area contributed by atoms with Crippen LogP contribution in [0, 0.1) is 5.92 Å². The number of nitrogens with zero attached hydrogens (tertiary/aromatic N) is 1. The van der Waals surface area contributed by atoms with Crippen LogP contribution >= 0.6 is 0 Å². The third kappa shape index (κ3) is 5.26. The monoisotopic (exact) mass is 280 g/mol. The van der Waals surface area contributed by atoms with Gasteiger partial charge in [0.2, 0.25) is 0 Å². The number of pyridine rings is 1. The molecule has 1 heterocycles. The van der Waals surface area contributed by atoms with Crippen LogP contribution in [0.25, 0.3) is 0 Å². The first-order chi connectivity index (χ1) is 9.40. The van der Waals surface area contributed by atoms with E-state index in [4.69, 9.17) is 5.11 Å². The zero-order valence-corrected chi connectivity index (χ0v) is 11.7. The van der Waals surface area contributed by atoms with Crippen molar-refractivity contribution in [2.45, 2.75) is 39.2 Å². The summed E-state index contributed by atoms with van der Waals surface area (Å²) in [5, 5.41) is 20.8. The van der Waals surface area contributed by atoms with Gasteiger partial charge in [-0.05, 0) is 25.8 Å². The number of nitrogens with one attached hydrogen (secondary N) is 1. The van der Waals surface area contributed by atoms with E-state index in [0.717, 1.165) is 6.42 Å². The Hall–Kier alpha value is -2.11. The van der Waals surface area contributed by atoms with E-state index in [9.17, 15) is 14.7 Å². The average Bonchev–Trinajstić information content (AvgIpc) is 2.38. The second-order valence-electron chi connectivity index (χ2n) is 4.98. The lowest BCUT2D eigenvalue weighted by atomic mass is 10.0. The molecule has 6 heteroatoms. The highest BCUT2D eigenvalue weighted by Gasteiger charge is 2.13. The lowest BCUT2D eigenvalue weighted by molar-refractivity contribution is -0.141. The van der Waals surface area contributed by atoms with E-state index in [1.807, 2.05) is 6.92 Å². The number of carboxylic acids is 1. The smallest absolute Gasteiger partial charge is 0.306 e. The van der Waals surface area contributed by atoms with E-state index in [1.54, 1.807) is 6.92 Å². The average molecular weight is 280 g/mol. The van der Waals surface area contributed by atoms with Gasteiger partial charge >= 0.3 is 5.97 Å². The number of carbonyl (C=O) groups excluding carboxylic acids is 1. The highest BCUT2D eigenvalue weighted by molar-refractivity contribution is 5.94. The molecule has 2 unspecified atom stereocenters. The summed E-state index contributed by atoms with van der Waals surface area (Å²) in [4.78, 5) is 26.3. The van der Waals surface area contributed by atoms with Crippen molar-refractivity contribution in [2.75, 3.05) is 0 Å². The second kappa shape index (κ2) is 7.47. The van der Waals surface area contributed by atoms with Crippen LogP contribution in [-0.4, -0.2) is 33.1 Å². The van der Waals surface area contributed by atoms with Crippen molar-refractivity contribution in [3.05, 3.63) is 24.0 Å². The molecule has 1 amide bonds. The van der Waals surface area contributed by atoms with Crippen LogP contribution in [0.5, 0.6) is 5.75 Å². The Morgan fingerprint density at radius 3 is 2.60 bits per heavy atom. The maximum absolute atomic E-state index is 11.9. The highest BCUT2D eigenvalue weighted by Crippen LogP contribution is 2.11. The summed E-state index contributed by atoms with van der Waals surface area (Å²) in [6.07, 6.45) is 4.66. The molecule has 6 nitrogen and oxygen atoms in total. The molecule has 0 saturated carbocycles. The number of hydrogen-bond donors (Lipinski definition) is 3. The predicted octanol–water partition coefficient (Wildman–Crippen LogP) is 1.80. The number of aromatic hydroxyl groups is 1. The Balaban J connectivity index is 2.37. The zero-order chi connectivity index (χ0) is 15.1. The van der Waals surface area contributed by atoms with Crippen LogP contribution in [0.15, 0.2) is 18.5 Å². The summed E-state index contributed by atoms with van der Waals surface area (Å²) in [5.41, 5.74) is 0.302. The van der Waals surface area contributed by atoms with Gasteiger partial charge in [0.15, 0.2) is 0 Å². The Morgan fingerprint density at radius 2 is 2.00 bits per heavy atom. The molecule has 0 bridgehead atoms. The first kappa shape index (κ1) is 15.9. The molecule has 1 rings (SSSR count). The van der Waals surface area contributed by atoms with Crippen LogP contribution in [0.1, 0.15) is 43.5 Å². The van der Waals surface area contributed by atoms with Gasteiger partial charge in [0.05, 0.1) is 17.7 Å². The summed E-state index contributed by atoms with van der Waals surface area (Å²) in [7, 11) is 0. The lowest BCUT2D eigenvalue weighted by Gasteiger charge is -2.14. The molecule has 0 saturated heterocycles. The van der Waals surface area contributed by atoms with Gasteiger partial charge in [-0.15, -0.1) is 0 Å². The number of aliphatic carboxylic acids is 1. The van der Waals surface area contributed by atoms with Crippen molar-refractivity contribution >= 4 is 11.9 Å². The van der Waals surface area contributed by atoms with Gasteiger partial charge in [0.1, 0.15) is 5.75 Å². The fourth-order valence-corrected chi connectivity index (χ4v) is 1.78. The van der Waals surface area contributed by atoms with Gasteiger partial charge in [0, 0.05) is 12.2 Å². The molecule has 3 N–H and O–H groups in total. The Labute approximate surface area is 117 Å². The summed E-state index contributed by atoms with van der Waals surface area (Å²) in [6.45, 7) is 3.53. The summed E-state index contributed by atoms with van der Waals surface area (Å²) >= 11 is 0. The van der Waals surface area contributed by atoms with Crippen molar-refractivity contribution < 1.29 is 19.8 Å². The highest BCUT2D eigenvalue weighted by atomic mass is 16.4. The standard InChI is InChI=1S/C14H20N2O4/c1-9(14(19)20)4-3-5-10(2)16-13(18)11-6-12(17)8-15-7-11/h6-10,17H,3-5H2,1-2H3,(H,16,18)(H,19,20). The molecular weight excluding hydrogens is 260 g/mol. The molecule has 20 heavy (non-hydrogen) atoms. The normalized spacial score (nSPS) is 13.5. The quantitative estimate of drug-likeness (QED) is 0.707. The lowest BCUT2D eigenvalue weighted by Crippen LogP contribution is -2.32. The summed E-state index contributed by atoms with van der Waals surface area (Å²) < 4.78 is 0. The molecule has 1 aromatic rings. The first-order valence-corrected chi connectivity index (χ1v) is 6.58. The molecule has 0 aliphatic rings. The van der Waals surface area contributed by atoms with Crippen molar-refractivity contribution in [3.8, 4) is 5.75 Å². The minimum atomic E-state index is -0.799. The van der Waals surface area contributed by atoms with Crippen LogP contribution in [0.3, 0.4) is 0 Å². The first-order valence-electron chi connectivity index (χ1n) is 6.58. The van der Waals surface area contributed by atoms with Gasteiger partial charge in [-0.1, -0.05) is 13.3 Å². The van der Waals surface area contributed by atoms with Crippen LogP contribution in [0.4, 0.5) is 0 Å². The molecule has 0 fully saturated rings. The third-order valence-corrected chi connectivity index (χ3v) is 3.06. The van der Waals surface area contributed by atoms with Crippen LogP contribution in [-0.2, 0) is 4.79 Å². The van der Waals surface area contributed by atoms with Crippen molar-refractivity contribution in [1.82, 2.24) is 10.3 Å². The van der Waals surface area contributed by atoms with Gasteiger partial charge in [-0.3, -0.25) is 14.6 Å². The number of carboxylic acid groups (broad SMARTS) is 1. The fourth-order valence-electron chi connectivity index (χ4n) is 1.78. The van der Waals surface area contributed by atoms with Crippen molar-refractivity contribution in [1.29, 1.82) is 0 Å². The van der Waals surface area contributed by atoms with Gasteiger partial charge in [-0.25, -0.2) is 0 Å². The summed E-state index contributed by atoms with van der Waals surface area (Å²) in [6, 6.07) is 1.28. The van der Waals surface area contributed by atoms with Crippen LogP contribution < -0.4 is 5.32 Å². The van der Waals surface area contributed by atoms with Crippen molar-refractivity contribution in [3.63, 3.8) is 0 Å². The number of aromatic nitrogens is 1. The SMILES string of the molecule is CC(CCCC(C)C(=O)O)NC(=O)c1cncc(O)c1. The topological polar surface area (TPSA) is 99.5 Å². The fraction of sp³-hybridized carbons (Fsp3) is 0.500.